The lowest BCUT2D eigenvalue weighted by atomic mass is 10.1. The van der Waals surface area contributed by atoms with Gasteiger partial charge in [-0.2, -0.15) is 0 Å². The molecule has 0 fully saturated rings. The van der Waals surface area contributed by atoms with Crippen LogP contribution >= 0.6 is 0 Å². The van der Waals surface area contributed by atoms with Gasteiger partial charge in [-0.05, 0) is 31.2 Å². The van der Waals surface area contributed by atoms with Crippen LogP contribution in [0.1, 0.15) is 19.4 Å². The van der Waals surface area contributed by atoms with Gasteiger partial charge >= 0.3 is 0 Å². The Hall–Kier alpha value is -1.48. The SMILES string of the molecule is CCNC(C)/C=C/c1ccc2c(c1)OCO2. The fraction of sp³-hybridized carbons (Fsp3) is 0.385. The Labute approximate surface area is 96.1 Å². The third-order valence-corrected chi connectivity index (χ3v) is 2.50. The Morgan fingerprint density at radius 3 is 3.00 bits per heavy atom. The van der Waals surface area contributed by atoms with Gasteiger partial charge in [0.05, 0.1) is 0 Å². The fourth-order valence-corrected chi connectivity index (χ4v) is 1.66. The van der Waals surface area contributed by atoms with Gasteiger partial charge in [0.1, 0.15) is 0 Å². The predicted octanol–water partition coefficient (Wildman–Crippen LogP) is 2.43. The monoisotopic (exact) mass is 219 g/mol. The molecule has 1 aromatic rings. The zero-order chi connectivity index (χ0) is 11.4. The third-order valence-electron chi connectivity index (χ3n) is 2.50. The van der Waals surface area contributed by atoms with E-state index in [0.717, 1.165) is 23.6 Å². The van der Waals surface area contributed by atoms with Crippen LogP contribution < -0.4 is 14.8 Å². The molecule has 1 heterocycles. The maximum atomic E-state index is 5.32. The number of fused-ring (bicyclic) bond motifs is 1. The first-order chi connectivity index (χ1) is 7.79. The van der Waals surface area contributed by atoms with E-state index in [1.165, 1.54) is 0 Å². The number of benzene rings is 1. The average Bonchev–Trinajstić information content (AvgIpc) is 2.74. The van der Waals surface area contributed by atoms with Crippen molar-refractivity contribution in [1.82, 2.24) is 5.32 Å². The summed E-state index contributed by atoms with van der Waals surface area (Å²) in [5, 5.41) is 3.33. The summed E-state index contributed by atoms with van der Waals surface area (Å²) >= 11 is 0. The van der Waals surface area contributed by atoms with Gasteiger partial charge in [0.25, 0.3) is 0 Å². The second-order valence-electron chi connectivity index (χ2n) is 3.82. The van der Waals surface area contributed by atoms with Gasteiger partial charge < -0.3 is 14.8 Å². The number of hydrogen-bond donors (Lipinski definition) is 1. The molecule has 16 heavy (non-hydrogen) atoms. The molecule has 1 aromatic carbocycles. The molecule has 1 atom stereocenters. The Bertz CT molecular complexity index is 388. The average molecular weight is 219 g/mol. The first-order valence-electron chi connectivity index (χ1n) is 5.61. The summed E-state index contributed by atoms with van der Waals surface area (Å²) in [5.41, 5.74) is 1.13. The molecule has 3 nitrogen and oxygen atoms in total. The van der Waals surface area contributed by atoms with Crippen LogP contribution in [0.5, 0.6) is 11.5 Å². The topological polar surface area (TPSA) is 30.5 Å². The van der Waals surface area contributed by atoms with Crippen molar-refractivity contribution in [2.75, 3.05) is 13.3 Å². The van der Waals surface area contributed by atoms with E-state index in [4.69, 9.17) is 9.47 Å². The molecule has 1 aliphatic rings. The van der Waals surface area contributed by atoms with Gasteiger partial charge in [0.2, 0.25) is 6.79 Å². The van der Waals surface area contributed by atoms with Crippen LogP contribution in [0.25, 0.3) is 6.08 Å². The van der Waals surface area contributed by atoms with Crippen LogP contribution in [0.2, 0.25) is 0 Å². The van der Waals surface area contributed by atoms with Crippen molar-refractivity contribution < 1.29 is 9.47 Å². The highest BCUT2D eigenvalue weighted by atomic mass is 16.7. The van der Waals surface area contributed by atoms with Gasteiger partial charge in [0, 0.05) is 6.04 Å². The highest BCUT2D eigenvalue weighted by Gasteiger charge is 2.12. The molecule has 3 heteroatoms. The third kappa shape index (κ3) is 2.55. The van der Waals surface area contributed by atoms with Gasteiger partial charge in [-0.3, -0.25) is 0 Å². The lowest BCUT2D eigenvalue weighted by Crippen LogP contribution is -2.22. The maximum Gasteiger partial charge on any atom is 0.231 e. The van der Waals surface area contributed by atoms with Crippen molar-refractivity contribution in [2.24, 2.45) is 0 Å². The molecular weight excluding hydrogens is 202 g/mol. The predicted molar refractivity (Wildman–Crippen MR) is 64.7 cm³/mol. The molecule has 0 spiro atoms. The van der Waals surface area contributed by atoms with Crippen LogP contribution in [0.4, 0.5) is 0 Å². The molecule has 1 N–H and O–H groups in total. The van der Waals surface area contributed by atoms with Crippen LogP contribution in [0, 0.1) is 0 Å². The summed E-state index contributed by atoms with van der Waals surface area (Å²) in [6.07, 6.45) is 4.23. The van der Waals surface area contributed by atoms with Gasteiger partial charge in [-0.25, -0.2) is 0 Å². The minimum absolute atomic E-state index is 0.330. The normalized spacial score (nSPS) is 15.6. The van der Waals surface area contributed by atoms with E-state index in [-0.39, 0.29) is 0 Å². The van der Waals surface area contributed by atoms with Crippen molar-refractivity contribution in [1.29, 1.82) is 0 Å². The molecule has 0 aromatic heterocycles. The van der Waals surface area contributed by atoms with Crippen molar-refractivity contribution in [3.8, 4) is 11.5 Å². The standard InChI is InChI=1S/C13H17NO2/c1-3-14-10(2)4-5-11-6-7-12-13(8-11)16-9-15-12/h4-8,10,14H,3,9H2,1-2H3/b5-4+. The lowest BCUT2D eigenvalue weighted by Gasteiger charge is -2.05. The Morgan fingerprint density at radius 2 is 2.19 bits per heavy atom. The molecular formula is C13H17NO2. The second-order valence-corrected chi connectivity index (χ2v) is 3.82. The van der Waals surface area contributed by atoms with E-state index in [1.54, 1.807) is 0 Å². The Balaban J connectivity index is 2.05. The van der Waals surface area contributed by atoms with E-state index < -0.39 is 0 Å². The number of ether oxygens (including phenoxy) is 2. The van der Waals surface area contributed by atoms with E-state index in [9.17, 15) is 0 Å². The van der Waals surface area contributed by atoms with E-state index in [2.05, 4.69) is 31.3 Å². The van der Waals surface area contributed by atoms with Crippen molar-refractivity contribution in [2.45, 2.75) is 19.9 Å². The molecule has 0 radical (unpaired) electrons. The number of likely N-dealkylation sites (N-methyl/N-ethyl adjacent to an activating group) is 1. The lowest BCUT2D eigenvalue weighted by molar-refractivity contribution is 0.174. The van der Waals surface area contributed by atoms with Crippen LogP contribution in [0.3, 0.4) is 0 Å². The molecule has 0 saturated carbocycles. The van der Waals surface area contributed by atoms with Crippen molar-refractivity contribution in [3.05, 3.63) is 29.8 Å². The van der Waals surface area contributed by atoms with Crippen LogP contribution in [-0.2, 0) is 0 Å². The van der Waals surface area contributed by atoms with Crippen molar-refractivity contribution >= 4 is 6.08 Å². The highest BCUT2D eigenvalue weighted by Crippen LogP contribution is 2.32. The number of hydrogen-bond acceptors (Lipinski definition) is 3. The Morgan fingerprint density at radius 1 is 1.38 bits per heavy atom. The zero-order valence-corrected chi connectivity index (χ0v) is 9.69. The van der Waals surface area contributed by atoms with E-state index >= 15 is 0 Å². The molecule has 0 aliphatic carbocycles. The number of nitrogens with one attached hydrogen (secondary N) is 1. The molecule has 0 bridgehead atoms. The molecule has 2 rings (SSSR count). The fourth-order valence-electron chi connectivity index (χ4n) is 1.66. The molecule has 1 unspecified atom stereocenters. The zero-order valence-electron chi connectivity index (χ0n) is 9.69. The van der Waals surface area contributed by atoms with Gasteiger partial charge in [0.15, 0.2) is 11.5 Å². The second kappa shape index (κ2) is 5.03. The Kier molecular flexibility index (Phi) is 3.47. The minimum Gasteiger partial charge on any atom is -0.454 e. The summed E-state index contributed by atoms with van der Waals surface area (Å²) in [5.74, 6) is 1.66. The highest BCUT2D eigenvalue weighted by molar-refractivity contribution is 5.56. The van der Waals surface area contributed by atoms with Crippen LogP contribution in [0.15, 0.2) is 24.3 Å². The van der Waals surface area contributed by atoms with Gasteiger partial charge in [-0.15, -0.1) is 0 Å². The molecule has 0 saturated heterocycles. The largest absolute Gasteiger partial charge is 0.454 e. The molecule has 0 amide bonds. The summed E-state index contributed by atoms with van der Waals surface area (Å²) in [6, 6.07) is 6.36. The summed E-state index contributed by atoms with van der Waals surface area (Å²) in [4.78, 5) is 0. The molecule has 1 aliphatic heterocycles. The van der Waals surface area contributed by atoms with E-state index in [0.29, 0.717) is 12.8 Å². The summed E-state index contributed by atoms with van der Waals surface area (Å²) < 4.78 is 10.6. The smallest absolute Gasteiger partial charge is 0.231 e. The summed E-state index contributed by atoms with van der Waals surface area (Å²) in [7, 11) is 0. The van der Waals surface area contributed by atoms with Gasteiger partial charge in [-0.1, -0.05) is 25.1 Å². The first kappa shape index (κ1) is 11.0. The van der Waals surface area contributed by atoms with E-state index in [1.807, 2.05) is 18.2 Å². The van der Waals surface area contributed by atoms with Crippen LogP contribution in [-0.4, -0.2) is 19.4 Å². The molecule has 86 valence electrons. The summed E-state index contributed by atoms with van der Waals surface area (Å²) in [6.45, 7) is 5.54. The maximum absolute atomic E-state index is 5.32. The minimum atomic E-state index is 0.330. The quantitative estimate of drug-likeness (QED) is 0.843. The van der Waals surface area contributed by atoms with Crippen molar-refractivity contribution in [3.63, 3.8) is 0 Å². The number of rotatable bonds is 4. The first-order valence-corrected chi connectivity index (χ1v) is 5.61.